The number of hydrogen-bond acceptors (Lipinski definition) is 3. The molecule has 1 aliphatic rings. The van der Waals surface area contributed by atoms with Crippen molar-refractivity contribution in [3.8, 4) is 0 Å². The molecular weight excluding hydrogens is 429 g/mol. The van der Waals surface area contributed by atoms with E-state index in [0.29, 0.717) is 0 Å². The lowest BCUT2D eigenvalue weighted by Crippen LogP contribution is -2.38. The first-order valence-electron chi connectivity index (χ1n) is 8.90. The average molecular weight is 457 g/mol. The topological polar surface area (TPSA) is 63.5 Å². The largest absolute Gasteiger partial charge is 0.376 e. The van der Waals surface area contributed by atoms with Crippen LogP contribution in [0.4, 0.5) is 0 Å². The zero-order chi connectivity index (χ0) is 16.6. The van der Waals surface area contributed by atoms with Gasteiger partial charge in [0.25, 0.3) is 0 Å². The van der Waals surface area contributed by atoms with Crippen molar-refractivity contribution in [1.29, 1.82) is 0 Å². The summed E-state index contributed by atoms with van der Waals surface area (Å²) in [5.74, 6) is 0.878. The molecule has 25 heavy (non-hydrogen) atoms. The van der Waals surface area contributed by atoms with Gasteiger partial charge in [-0.3, -0.25) is 4.99 Å². The molecule has 138 valence electrons. The Labute approximate surface area is 166 Å². The summed E-state index contributed by atoms with van der Waals surface area (Å²) >= 11 is 0. The van der Waals surface area contributed by atoms with Crippen LogP contribution in [0.2, 0.25) is 0 Å². The van der Waals surface area contributed by atoms with Gasteiger partial charge < -0.3 is 19.9 Å². The molecule has 0 radical (unpaired) electrons. The number of ether oxygens (including phenoxy) is 1. The Morgan fingerprint density at radius 2 is 2.24 bits per heavy atom. The van der Waals surface area contributed by atoms with Crippen LogP contribution < -0.4 is 10.6 Å². The number of guanidine groups is 1. The van der Waals surface area contributed by atoms with Gasteiger partial charge in [0.15, 0.2) is 5.96 Å². The van der Waals surface area contributed by atoms with Gasteiger partial charge in [-0.2, -0.15) is 0 Å². The SMILES string of the molecule is CCNC(=NCC1CCCO1)NCCCn1cnc2ccccc21.I. The molecule has 2 N–H and O–H groups in total. The highest BCUT2D eigenvalue weighted by molar-refractivity contribution is 14.0. The third kappa shape index (κ3) is 5.85. The standard InChI is InChI=1S/C18H27N5O.HI/c1-2-19-18(21-13-15-7-5-12-24-15)20-10-6-11-23-14-22-16-8-3-4-9-17(16)23;/h3-4,8-9,14-15H,2,5-7,10-13H2,1H3,(H2,19,20,21);1H. The van der Waals surface area contributed by atoms with E-state index in [-0.39, 0.29) is 30.1 Å². The maximum absolute atomic E-state index is 5.62. The van der Waals surface area contributed by atoms with Crippen LogP contribution in [0.5, 0.6) is 0 Å². The molecule has 0 saturated carbocycles. The van der Waals surface area contributed by atoms with Crippen LogP contribution in [0.1, 0.15) is 26.2 Å². The number of fused-ring (bicyclic) bond motifs is 1. The van der Waals surface area contributed by atoms with E-state index in [1.54, 1.807) is 0 Å². The highest BCUT2D eigenvalue weighted by Gasteiger charge is 2.14. The summed E-state index contributed by atoms with van der Waals surface area (Å²) in [5.41, 5.74) is 2.24. The molecule has 0 amide bonds. The lowest BCUT2D eigenvalue weighted by Gasteiger charge is -2.13. The van der Waals surface area contributed by atoms with E-state index >= 15 is 0 Å². The molecule has 1 fully saturated rings. The second kappa shape index (κ2) is 10.6. The maximum atomic E-state index is 5.62. The van der Waals surface area contributed by atoms with Crippen molar-refractivity contribution in [3.05, 3.63) is 30.6 Å². The molecule has 1 unspecified atom stereocenters. The normalized spacial score (nSPS) is 17.5. The highest BCUT2D eigenvalue weighted by atomic mass is 127. The van der Waals surface area contributed by atoms with Gasteiger partial charge in [-0.25, -0.2) is 4.98 Å². The molecule has 1 aromatic heterocycles. The third-order valence-electron chi connectivity index (χ3n) is 4.22. The number of aliphatic imine (C=N–C) groups is 1. The fraction of sp³-hybridized carbons (Fsp3) is 0.556. The Morgan fingerprint density at radius 1 is 1.36 bits per heavy atom. The van der Waals surface area contributed by atoms with E-state index in [1.165, 1.54) is 5.52 Å². The molecule has 1 atom stereocenters. The van der Waals surface area contributed by atoms with Crippen LogP contribution in [0.25, 0.3) is 11.0 Å². The monoisotopic (exact) mass is 457 g/mol. The van der Waals surface area contributed by atoms with Gasteiger partial charge >= 0.3 is 0 Å². The van der Waals surface area contributed by atoms with E-state index in [0.717, 1.165) is 63.5 Å². The molecule has 1 saturated heterocycles. The first-order valence-corrected chi connectivity index (χ1v) is 8.90. The Bertz CT molecular complexity index is 666. The Hall–Kier alpha value is -1.35. The summed E-state index contributed by atoms with van der Waals surface area (Å²) in [5, 5.41) is 6.70. The summed E-state index contributed by atoms with van der Waals surface area (Å²) in [6.45, 7) is 6.39. The number of halogens is 1. The minimum absolute atomic E-state index is 0. The molecule has 0 aliphatic carbocycles. The van der Waals surface area contributed by atoms with Gasteiger partial charge in [0, 0.05) is 26.2 Å². The summed E-state index contributed by atoms with van der Waals surface area (Å²) in [6, 6.07) is 8.24. The van der Waals surface area contributed by atoms with E-state index in [1.807, 2.05) is 18.5 Å². The minimum atomic E-state index is 0. The van der Waals surface area contributed by atoms with Crippen molar-refractivity contribution in [2.75, 3.05) is 26.2 Å². The lowest BCUT2D eigenvalue weighted by molar-refractivity contribution is 0.117. The van der Waals surface area contributed by atoms with Crippen LogP contribution in [-0.2, 0) is 11.3 Å². The number of benzene rings is 1. The second-order valence-electron chi connectivity index (χ2n) is 6.06. The molecule has 2 aromatic rings. The molecule has 7 heteroatoms. The summed E-state index contributed by atoms with van der Waals surface area (Å²) < 4.78 is 7.83. The quantitative estimate of drug-likeness (QED) is 0.291. The molecule has 0 spiro atoms. The van der Waals surface area contributed by atoms with Crippen molar-refractivity contribution >= 4 is 41.0 Å². The summed E-state index contributed by atoms with van der Waals surface area (Å²) in [4.78, 5) is 9.06. The average Bonchev–Trinajstić information content (AvgIpc) is 3.26. The number of para-hydroxylation sites is 2. The van der Waals surface area contributed by atoms with E-state index in [4.69, 9.17) is 4.74 Å². The molecule has 1 aliphatic heterocycles. The van der Waals surface area contributed by atoms with Crippen molar-refractivity contribution in [3.63, 3.8) is 0 Å². The molecule has 0 bridgehead atoms. The molecule has 1 aromatic carbocycles. The molecule has 6 nitrogen and oxygen atoms in total. The van der Waals surface area contributed by atoms with Crippen LogP contribution in [-0.4, -0.2) is 47.9 Å². The minimum Gasteiger partial charge on any atom is -0.376 e. The van der Waals surface area contributed by atoms with Crippen LogP contribution in [0, 0.1) is 0 Å². The maximum Gasteiger partial charge on any atom is 0.191 e. The van der Waals surface area contributed by atoms with Gasteiger partial charge in [-0.15, -0.1) is 24.0 Å². The molecule has 2 heterocycles. The number of rotatable bonds is 7. The van der Waals surface area contributed by atoms with Gasteiger partial charge in [0.05, 0.1) is 30.0 Å². The van der Waals surface area contributed by atoms with Crippen molar-refractivity contribution in [1.82, 2.24) is 20.2 Å². The summed E-state index contributed by atoms with van der Waals surface area (Å²) in [6.07, 6.45) is 5.50. The van der Waals surface area contributed by atoms with Crippen LogP contribution >= 0.6 is 24.0 Å². The number of hydrogen-bond donors (Lipinski definition) is 2. The van der Waals surface area contributed by atoms with Gasteiger partial charge in [0.1, 0.15) is 0 Å². The van der Waals surface area contributed by atoms with Crippen molar-refractivity contribution in [2.24, 2.45) is 4.99 Å². The van der Waals surface area contributed by atoms with Crippen molar-refractivity contribution in [2.45, 2.75) is 38.8 Å². The van der Waals surface area contributed by atoms with Crippen LogP contribution in [0.3, 0.4) is 0 Å². The zero-order valence-electron chi connectivity index (χ0n) is 14.8. The van der Waals surface area contributed by atoms with Gasteiger partial charge in [-0.05, 0) is 38.3 Å². The predicted molar refractivity (Wildman–Crippen MR) is 113 cm³/mol. The van der Waals surface area contributed by atoms with E-state index in [9.17, 15) is 0 Å². The number of nitrogens with zero attached hydrogens (tertiary/aromatic N) is 3. The first kappa shape index (κ1) is 20.0. The van der Waals surface area contributed by atoms with Crippen LogP contribution in [0.15, 0.2) is 35.6 Å². The zero-order valence-corrected chi connectivity index (χ0v) is 17.1. The van der Waals surface area contributed by atoms with Crippen molar-refractivity contribution < 1.29 is 4.74 Å². The number of aryl methyl sites for hydroxylation is 1. The van der Waals surface area contributed by atoms with Gasteiger partial charge in [0.2, 0.25) is 0 Å². The fourth-order valence-electron chi connectivity index (χ4n) is 2.97. The lowest BCUT2D eigenvalue weighted by atomic mass is 10.2. The Morgan fingerprint density at radius 3 is 3.04 bits per heavy atom. The Balaban J connectivity index is 0.00000225. The smallest absolute Gasteiger partial charge is 0.191 e. The predicted octanol–water partition coefficient (Wildman–Crippen LogP) is 2.78. The second-order valence-corrected chi connectivity index (χ2v) is 6.06. The third-order valence-corrected chi connectivity index (χ3v) is 4.22. The Kier molecular flexibility index (Phi) is 8.47. The fourth-order valence-corrected chi connectivity index (χ4v) is 2.97. The van der Waals surface area contributed by atoms with E-state index < -0.39 is 0 Å². The molecular formula is C18H28IN5O. The first-order chi connectivity index (χ1) is 11.9. The molecule has 3 rings (SSSR count). The number of aromatic nitrogens is 2. The van der Waals surface area contributed by atoms with E-state index in [2.05, 4.69) is 44.2 Å². The highest BCUT2D eigenvalue weighted by Crippen LogP contribution is 2.12. The summed E-state index contributed by atoms with van der Waals surface area (Å²) in [7, 11) is 0. The number of imidazole rings is 1. The number of nitrogens with one attached hydrogen (secondary N) is 2. The van der Waals surface area contributed by atoms with Gasteiger partial charge in [-0.1, -0.05) is 12.1 Å².